The number of amides is 2. The number of hydrogen-bond acceptors (Lipinski definition) is 6. The van der Waals surface area contributed by atoms with Crippen molar-refractivity contribution in [3.05, 3.63) is 59.4 Å². The first kappa shape index (κ1) is 20.2. The summed E-state index contributed by atoms with van der Waals surface area (Å²) in [5.74, 6) is -0.194. The van der Waals surface area contributed by atoms with Gasteiger partial charge in [-0.05, 0) is 49.9 Å². The molecule has 1 fully saturated rings. The molecule has 154 valence electrons. The molecule has 30 heavy (non-hydrogen) atoms. The van der Waals surface area contributed by atoms with Crippen molar-refractivity contribution in [2.24, 2.45) is 0 Å². The van der Waals surface area contributed by atoms with Crippen molar-refractivity contribution in [2.75, 3.05) is 11.9 Å². The maximum Gasteiger partial charge on any atom is 0.247 e. The highest BCUT2D eigenvalue weighted by Crippen LogP contribution is 2.26. The Balaban J connectivity index is 1.46. The summed E-state index contributed by atoms with van der Waals surface area (Å²) in [6, 6.07) is 10.8. The number of benzene rings is 1. The lowest BCUT2D eigenvalue weighted by Gasteiger charge is -2.34. The van der Waals surface area contributed by atoms with Crippen molar-refractivity contribution < 1.29 is 9.59 Å². The summed E-state index contributed by atoms with van der Waals surface area (Å²) in [7, 11) is 0. The number of anilines is 1. The van der Waals surface area contributed by atoms with E-state index >= 15 is 0 Å². The number of carbonyl (C=O) groups is 2. The Morgan fingerprint density at radius 1 is 1.20 bits per heavy atom. The predicted molar refractivity (Wildman–Crippen MR) is 116 cm³/mol. The van der Waals surface area contributed by atoms with Crippen LogP contribution in [0.5, 0.6) is 0 Å². The van der Waals surface area contributed by atoms with Gasteiger partial charge in [0, 0.05) is 30.2 Å². The fraction of sp³-hybridized carbons (Fsp3) is 0.318. The molecule has 0 unspecified atom stereocenters. The molecule has 2 amide bonds. The van der Waals surface area contributed by atoms with Crippen LogP contribution in [0, 0.1) is 6.92 Å². The van der Waals surface area contributed by atoms with Gasteiger partial charge in [0.2, 0.25) is 11.8 Å². The monoisotopic (exact) mass is 421 g/mol. The molecule has 7 nitrogen and oxygen atoms in total. The van der Waals surface area contributed by atoms with Crippen LogP contribution in [-0.2, 0) is 16.0 Å². The van der Waals surface area contributed by atoms with Gasteiger partial charge in [-0.1, -0.05) is 29.5 Å². The second kappa shape index (κ2) is 9.13. The van der Waals surface area contributed by atoms with Gasteiger partial charge in [-0.3, -0.25) is 14.6 Å². The van der Waals surface area contributed by atoms with E-state index < -0.39 is 6.04 Å². The fourth-order valence-electron chi connectivity index (χ4n) is 3.65. The first-order valence-corrected chi connectivity index (χ1v) is 10.8. The molecule has 0 aliphatic carbocycles. The second-order valence-corrected chi connectivity index (χ2v) is 8.51. The van der Waals surface area contributed by atoms with E-state index in [-0.39, 0.29) is 18.2 Å². The average Bonchev–Trinajstić information content (AvgIpc) is 3.21. The Morgan fingerprint density at radius 2 is 2.10 bits per heavy atom. The zero-order valence-corrected chi connectivity index (χ0v) is 17.6. The Morgan fingerprint density at radius 3 is 2.87 bits per heavy atom. The van der Waals surface area contributed by atoms with E-state index in [0.29, 0.717) is 18.7 Å². The van der Waals surface area contributed by atoms with Gasteiger partial charge in [-0.15, -0.1) is 10.2 Å². The molecule has 0 spiro atoms. The normalized spacial score (nSPS) is 16.3. The number of rotatable bonds is 5. The molecule has 1 aliphatic rings. The molecule has 0 radical (unpaired) electrons. The molecule has 2 aromatic heterocycles. The average molecular weight is 422 g/mol. The number of aromatic nitrogens is 3. The summed E-state index contributed by atoms with van der Waals surface area (Å²) in [5, 5.41) is 12.9. The Bertz CT molecular complexity index is 1040. The minimum Gasteiger partial charge on any atom is -0.330 e. The molecule has 1 N–H and O–H groups in total. The third-order valence-electron chi connectivity index (χ3n) is 5.11. The third-order valence-corrected chi connectivity index (χ3v) is 5.99. The molecule has 1 saturated heterocycles. The van der Waals surface area contributed by atoms with E-state index in [4.69, 9.17) is 0 Å². The molecular formula is C22H23N5O2S. The molecule has 0 bridgehead atoms. The summed E-state index contributed by atoms with van der Waals surface area (Å²) < 4.78 is 0. The first-order chi connectivity index (χ1) is 14.6. The zero-order valence-electron chi connectivity index (χ0n) is 16.7. The summed E-state index contributed by atoms with van der Waals surface area (Å²) in [5.41, 5.74) is 2.45. The van der Waals surface area contributed by atoms with Gasteiger partial charge >= 0.3 is 0 Å². The van der Waals surface area contributed by atoms with Crippen LogP contribution >= 0.6 is 11.3 Å². The van der Waals surface area contributed by atoms with Gasteiger partial charge in [-0.25, -0.2) is 0 Å². The van der Waals surface area contributed by atoms with Crippen molar-refractivity contribution in [3.8, 4) is 10.6 Å². The van der Waals surface area contributed by atoms with Gasteiger partial charge in [0.05, 0.1) is 6.42 Å². The number of hydrogen-bond donors (Lipinski definition) is 1. The molecule has 8 heteroatoms. The van der Waals surface area contributed by atoms with Crippen LogP contribution in [0.1, 0.15) is 29.8 Å². The Labute approximate surface area is 179 Å². The highest BCUT2D eigenvalue weighted by Gasteiger charge is 2.32. The van der Waals surface area contributed by atoms with Gasteiger partial charge in [0.1, 0.15) is 16.1 Å². The predicted octanol–water partition coefficient (Wildman–Crippen LogP) is 3.47. The van der Waals surface area contributed by atoms with Gasteiger partial charge < -0.3 is 10.2 Å². The maximum atomic E-state index is 13.0. The third kappa shape index (κ3) is 4.71. The SMILES string of the molecule is Cc1nnc(-c2cccc(NC(=O)[C@H]3CCCCN3C(=O)Cc3cccnc3)c2)s1. The largest absolute Gasteiger partial charge is 0.330 e. The fourth-order valence-corrected chi connectivity index (χ4v) is 4.34. The van der Waals surface area contributed by atoms with Crippen LogP contribution in [0.3, 0.4) is 0 Å². The van der Waals surface area contributed by atoms with Crippen LogP contribution in [0.4, 0.5) is 5.69 Å². The van der Waals surface area contributed by atoms with Crippen LogP contribution in [-0.4, -0.2) is 44.5 Å². The van der Waals surface area contributed by atoms with E-state index in [0.717, 1.165) is 34.0 Å². The van der Waals surface area contributed by atoms with Gasteiger partial charge in [0.25, 0.3) is 0 Å². The van der Waals surface area contributed by atoms with E-state index in [1.807, 2.05) is 43.3 Å². The molecule has 1 aliphatic heterocycles. The van der Waals surface area contributed by atoms with Crippen LogP contribution in [0.2, 0.25) is 0 Å². The molecule has 0 saturated carbocycles. The second-order valence-electron chi connectivity index (χ2n) is 7.33. The quantitative estimate of drug-likeness (QED) is 0.681. The number of aryl methyl sites for hydroxylation is 1. The highest BCUT2D eigenvalue weighted by atomic mass is 32.1. The van der Waals surface area contributed by atoms with Crippen molar-refractivity contribution >= 4 is 28.8 Å². The van der Waals surface area contributed by atoms with Crippen molar-refractivity contribution in [3.63, 3.8) is 0 Å². The number of likely N-dealkylation sites (tertiary alicyclic amines) is 1. The van der Waals surface area contributed by atoms with Gasteiger partial charge in [0.15, 0.2) is 0 Å². The Hall–Kier alpha value is -3.13. The lowest BCUT2D eigenvalue weighted by Crippen LogP contribution is -2.50. The van der Waals surface area contributed by atoms with E-state index in [1.165, 1.54) is 11.3 Å². The van der Waals surface area contributed by atoms with Crippen molar-refractivity contribution in [1.82, 2.24) is 20.1 Å². The van der Waals surface area contributed by atoms with E-state index in [9.17, 15) is 9.59 Å². The van der Waals surface area contributed by atoms with Crippen molar-refractivity contribution in [1.29, 1.82) is 0 Å². The van der Waals surface area contributed by atoms with E-state index in [1.54, 1.807) is 17.3 Å². The number of pyridine rings is 1. The number of piperidine rings is 1. The highest BCUT2D eigenvalue weighted by molar-refractivity contribution is 7.14. The number of nitrogens with zero attached hydrogens (tertiary/aromatic N) is 4. The topological polar surface area (TPSA) is 88.1 Å². The summed E-state index contributed by atoms with van der Waals surface area (Å²) in [6.45, 7) is 2.51. The minimum atomic E-state index is -0.463. The van der Waals surface area contributed by atoms with Crippen LogP contribution < -0.4 is 5.32 Å². The molecular weight excluding hydrogens is 398 g/mol. The first-order valence-electron chi connectivity index (χ1n) is 10.00. The molecule has 4 rings (SSSR count). The molecule has 3 aromatic rings. The number of carbonyl (C=O) groups excluding carboxylic acids is 2. The zero-order chi connectivity index (χ0) is 20.9. The van der Waals surface area contributed by atoms with Crippen LogP contribution in [0.15, 0.2) is 48.8 Å². The standard InChI is InChI=1S/C22H23N5O2S/c1-15-25-26-22(30-15)17-7-4-8-18(13-17)24-21(29)19-9-2-3-11-27(19)20(28)12-16-6-5-10-23-14-16/h4-8,10,13-14,19H,2-3,9,11-12H2,1H3,(H,24,29)/t19-/m1/s1. The molecule has 1 aromatic carbocycles. The summed E-state index contributed by atoms with van der Waals surface area (Å²) in [6.07, 6.45) is 6.14. The number of nitrogens with one attached hydrogen (secondary N) is 1. The van der Waals surface area contributed by atoms with Crippen LogP contribution in [0.25, 0.3) is 10.6 Å². The lowest BCUT2D eigenvalue weighted by molar-refractivity contribution is -0.139. The summed E-state index contributed by atoms with van der Waals surface area (Å²) >= 11 is 1.51. The Kier molecular flexibility index (Phi) is 6.13. The molecule has 1 atom stereocenters. The van der Waals surface area contributed by atoms with Gasteiger partial charge in [-0.2, -0.15) is 0 Å². The lowest BCUT2D eigenvalue weighted by atomic mass is 10.00. The minimum absolute atomic E-state index is 0.0408. The van der Waals surface area contributed by atoms with Crippen molar-refractivity contribution in [2.45, 2.75) is 38.6 Å². The maximum absolute atomic E-state index is 13.0. The van der Waals surface area contributed by atoms with E-state index in [2.05, 4.69) is 20.5 Å². The summed E-state index contributed by atoms with van der Waals surface area (Å²) in [4.78, 5) is 31.7. The smallest absolute Gasteiger partial charge is 0.247 e. The molecule has 3 heterocycles.